The number of hydrogen-bond donors (Lipinski definition) is 1. The summed E-state index contributed by atoms with van der Waals surface area (Å²) in [6.45, 7) is 0. The number of nitrogens with one attached hydrogen (secondary N) is 1. The number of nitrogens with zero attached hydrogens (tertiary/aromatic N) is 1. The molecule has 0 amide bonds. The molecule has 4 heteroatoms. The molecule has 2 fully saturated rings. The summed E-state index contributed by atoms with van der Waals surface area (Å²) in [5.74, 6) is 0.365. The lowest BCUT2D eigenvalue weighted by atomic mass is 9.84. The number of hydrogen-bond acceptors (Lipinski definition) is 2. The van der Waals surface area contributed by atoms with Crippen LogP contribution in [0, 0.1) is 5.82 Å². The van der Waals surface area contributed by atoms with Crippen LogP contribution in [0.4, 0.5) is 4.39 Å². The van der Waals surface area contributed by atoms with Crippen molar-refractivity contribution in [3.8, 4) is 11.1 Å². The number of benzene rings is 1. The molecule has 3 atom stereocenters. The Kier molecular flexibility index (Phi) is 3.96. The summed E-state index contributed by atoms with van der Waals surface area (Å²) in [7, 11) is 0. The van der Waals surface area contributed by atoms with Crippen molar-refractivity contribution in [2.45, 2.75) is 37.3 Å². The van der Waals surface area contributed by atoms with Crippen molar-refractivity contribution in [3.05, 3.63) is 54.1 Å². The fraction of sp³-hybridized carbons (Fsp3) is 0.353. The van der Waals surface area contributed by atoms with E-state index in [4.69, 9.17) is 0 Å². The second kappa shape index (κ2) is 5.74. The van der Waals surface area contributed by atoms with Gasteiger partial charge in [0, 0.05) is 36.0 Å². The van der Waals surface area contributed by atoms with Crippen LogP contribution in [0.2, 0.25) is 0 Å². The van der Waals surface area contributed by atoms with E-state index in [-0.39, 0.29) is 18.2 Å². The zero-order valence-corrected chi connectivity index (χ0v) is 12.4. The van der Waals surface area contributed by atoms with Crippen molar-refractivity contribution in [2.24, 2.45) is 0 Å². The first kappa shape index (κ1) is 14.5. The topological polar surface area (TPSA) is 24.9 Å². The molecule has 0 aliphatic carbocycles. The molecule has 1 aromatic heterocycles. The third-order valence-corrected chi connectivity index (χ3v) is 4.65. The van der Waals surface area contributed by atoms with Crippen molar-refractivity contribution in [3.63, 3.8) is 0 Å². The fourth-order valence-electron chi connectivity index (χ4n) is 3.68. The lowest BCUT2D eigenvalue weighted by Gasteiger charge is -2.20. The second-order valence-corrected chi connectivity index (χ2v) is 5.91. The number of fused-ring (bicyclic) bond motifs is 2. The van der Waals surface area contributed by atoms with Crippen LogP contribution in [0.3, 0.4) is 0 Å². The van der Waals surface area contributed by atoms with Crippen molar-refractivity contribution in [1.82, 2.24) is 10.3 Å². The molecule has 2 aromatic rings. The first-order valence-electron chi connectivity index (χ1n) is 7.26. The monoisotopic (exact) mass is 304 g/mol. The lowest BCUT2D eigenvalue weighted by molar-refractivity contribution is 0.505. The first-order chi connectivity index (χ1) is 9.79. The van der Waals surface area contributed by atoms with Crippen molar-refractivity contribution in [1.29, 1.82) is 0 Å². The van der Waals surface area contributed by atoms with Gasteiger partial charge >= 0.3 is 0 Å². The third-order valence-electron chi connectivity index (χ3n) is 4.65. The van der Waals surface area contributed by atoms with Gasteiger partial charge in [-0.25, -0.2) is 4.39 Å². The Morgan fingerprint density at radius 3 is 2.71 bits per heavy atom. The Bertz CT molecular complexity index is 646. The van der Waals surface area contributed by atoms with Crippen LogP contribution >= 0.6 is 12.4 Å². The molecule has 2 aliphatic heterocycles. The smallest absolute Gasteiger partial charge is 0.123 e. The van der Waals surface area contributed by atoms with Crippen LogP contribution in [0.25, 0.3) is 11.1 Å². The predicted octanol–water partition coefficient (Wildman–Crippen LogP) is 3.92. The average molecular weight is 305 g/mol. The highest BCUT2D eigenvalue weighted by atomic mass is 35.5. The summed E-state index contributed by atoms with van der Waals surface area (Å²) >= 11 is 0. The first-order valence-corrected chi connectivity index (χ1v) is 7.26. The van der Waals surface area contributed by atoms with Gasteiger partial charge in [0.25, 0.3) is 0 Å². The van der Waals surface area contributed by atoms with E-state index in [1.54, 1.807) is 12.1 Å². The molecule has 3 heterocycles. The Labute approximate surface area is 130 Å². The quantitative estimate of drug-likeness (QED) is 0.909. The van der Waals surface area contributed by atoms with Gasteiger partial charge in [0.2, 0.25) is 0 Å². The molecule has 21 heavy (non-hydrogen) atoms. The zero-order valence-electron chi connectivity index (χ0n) is 11.6. The molecule has 0 spiro atoms. The highest BCUT2D eigenvalue weighted by molar-refractivity contribution is 5.85. The molecule has 2 nitrogen and oxygen atoms in total. The summed E-state index contributed by atoms with van der Waals surface area (Å²) < 4.78 is 13.3. The molecule has 1 N–H and O–H groups in total. The predicted molar refractivity (Wildman–Crippen MR) is 84.2 cm³/mol. The van der Waals surface area contributed by atoms with Crippen LogP contribution in [0.1, 0.15) is 30.7 Å². The van der Waals surface area contributed by atoms with Gasteiger partial charge in [0.15, 0.2) is 0 Å². The second-order valence-electron chi connectivity index (χ2n) is 5.91. The van der Waals surface area contributed by atoms with Crippen LogP contribution < -0.4 is 5.32 Å². The highest BCUT2D eigenvalue weighted by Gasteiger charge is 2.39. The molecule has 3 unspecified atom stereocenters. The molecule has 2 saturated heterocycles. The standard InChI is InChI=1S/C17H17FN2.ClH/c18-14-3-1-2-11(7-14)12-6-13(10-19-9-12)16-8-15-4-5-17(16)20-15;/h1-3,6-7,9-10,15-17,20H,4-5,8H2;1H. The Balaban J connectivity index is 0.00000132. The summed E-state index contributed by atoms with van der Waals surface area (Å²) in [5.41, 5.74) is 3.19. The van der Waals surface area contributed by atoms with Crippen molar-refractivity contribution >= 4 is 12.4 Å². The summed E-state index contributed by atoms with van der Waals surface area (Å²) in [6, 6.07) is 10.2. The van der Waals surface area contributed by atoms with E-state index in [1.807, 2.05) is 18.5 Å². The van der Waals surface area contributed by atoms with E-state index in [2.05, 4.69) is 16.4 Å². The van der Waals surface area contributed by atoms with Crippen LogP contribution in [0.5, 0.6) is 0 Å². The molecular weight excluding hydrogens is 287 g/mol. The summed E-state index contributed by atoms with van der Waals surface area (Å²) in [6.07, 6.45) is 7.56. The van der Waals surface area contributed by atoms with Gasteiger partial charge in [0.1, 0.15) is 5.82 Å². The number of pyridine rings is 1. The maximum absolute atomic E-state index is 13.3. The van der Waals surface area contributed by atoms with E-state index in [0.29, 0.717) is 18.0 Å². The maximum atomic E-state index is 13.3. The summed E-state index contributed by atoms with van der Waals surface area (Å²) in [4.78, 5) is 4.37. The van der Waals surface area contributed by atoms with E-state index >= 15 is 0 Å². The Hall–Kier alpha value is -1.45. The lowest BCUT2D eigenvalue weighted by Crippen LogP contribution is -2.21. The minimum absolute atomic E-state index is 0. The number of halogens is 2. The molecule has 2 bridgehead atoms. The van der Waals surface area contributed by atoms with Crippen LogP contribution in [0.15, 0.2) is 42.7 Å². The minimum atomic E-state index is -0.200. The Morgan fingerprint density at radius 2 is 2.00 bits per heavy atom. The molecular formula is C17H18ClFN2. The number of aromatic nitrogens is 1. The normalized spacial score (nSPS) is 26.6. The molecule has 0 radical (unpaired) electrons. The fourth-order valence-corrected chi connectivity index (χ4v) is 3.68. The summed E-state index contributed by atoms with van der Waals surface area (Å²) in [5, 5.41) is 3.66. The molecule has 1 aromatic carbocycles. The van der Waals surface area contributed by atoms with Gasteiger partial charge in [-0.15, -0.1) is 12.4 Å². The van der Waals surface area contributed by atoms with E-state index < -0.39 is 0 Å². The minimum Gasteiger partial charge on any atom is -0.311 e. The van der Waals surface area contributed by atoms with Crippen molar-refractivity contribution in [2.75, 3.05) is 0 Å². The van der Waals surface area contributed by atoms with Gasteiger partial charge in [-0.1, -0.05) is 12.1 Å². The van der Waals surface area contributed by atoms with Crippen LogP contribution in [-0.2, 0) is 0 Å². The largest absolute Gasteiger partial charge is 0.311 e. The third kappa shape index (κ3) is 2.68. The molecule has 110 valence electrons. The van der Waals surface area contributed by atoms with Crippen molar-refractivity contribution < 1.29 is 4.39 Å². The zero-order chi connectivity index (χ0) is 13.5. The van der Waals surface area contributed by atoms with Gasteiger partial charge < -0.3 is 5.32 Å². The highest BCUT2D eigenvalue weighted by Crippen LogP contribution is 2.40. The molecule has 2 aliphatic rings. The Morgan fingerprint density at radius 1 is 1.10 bits per heavy atom. The van der Waals surface area contributed by atoms with E-state index in [1.165, 1.54) is 30.9 Å². The number of rotatable bonds is 2. The molecule has 4 rings (SSSR count). The van der Waals surface area contributed by atoms with E-state index in [0.717, 1.165) is 11.1 Å². The van der Waals surface area contributed by atoms with Gasteiger partial charge in [-0.05, 0) is 48.6 Å². The maximum Gasteiger partial charge on any atom is 0.123 e. The molecule has 0 saturated carbocycles. The van der Waals surface area contributed by atoms with E-state index in [9.17, 15) is 4.39 Å². The average Bonchev–Trinajstić information content (AvgIpc) is 3.10. The van der Waals surface area contributed by atoms with Crippen LogP contribution in [-0.4, -0.2) is 17.1 Å². The van der Waals surface area contributed by atoms with Gasteiger partial charge in [-0.2, -0.15) is 0 Å². The van der Waals surface area contributed by atoms with Gasteiger partial charge in [0.05, 0.1) is 0 Å². The van der Waals surface area contributed by atoms with Gasteiger partial charge in [-0.3, -0.25) is 4.98 Å². The SMILES string of the molecule is Cl.Fc1cccc(-c2cncc(C3CC4CCC3N4)c2)c1.